The van der Waals surface area contributed by atoms with Crippen LogP contribution in [-0.2, 0) is 0 Å². The van der Waals surface area contributed by atoms with Gasteiger partial charge in [-0.05, 0) is 0 Å². The summed E-state index contributed by atoms with van der Waals surface area (Å²) in [6.07, 6.45) is -0.903. The maximum atomic E-state index is 9.76. The fourth-order valence-corrected chi connectivity index (χ4v) is 2.22. The molecule has 1 fully saturated rings. The van der Waals surface area contributed by atoms with Crippen molar-refractivity contribution < 1.29 is 15.3 Å². The number of hydrogen-bond acceptors (Lipinski definition) is 7. The summed E-state index contributed by atoms with van der Waals surface area (Å²) in [6, 6.07) is -0.408. The van der Waals surface area contributed by atoms with Crippen molar-refractivity contribution in [1.82, 2.24) is 20.9 Å². The van der Waals surface area contributed by atoms with E-state index in [0.717, 1.165) is 52.4 Å². The molecule has 7 nitrogen and oxygen atoms in total. The van der Waals surface area contributed by atoms with Crippen LogP contribution in [0.1, 0.15) is 0 Å². The van der Waals surface area contributed by atoms with Gasteiger partial charge in [0.25, 0.3) is 0 Å². The van der Waals surface area contributed by atoms with Crippen LogP contribution in [0.2, 0.25) is 0 Å². The van der Waals surface area contributed by atoms with Crippen LogP contribution in [-0.4, -0.2) is 97.9 Å². The quantitative estimate of drug-likeness (QED) is 0.334. The van der Waals surface area contributed by atoms with Crippen molar-refractivity contribution in [2.75, 3.05) is 65.6 Å². The minimum absolute atomic E-state index is 0. The van der Waals surface area contributed by atoms with E-state index in [0.29, 0.717) is 0 Å². The molecular weight excluding hydrogens is 284 g/mol. The lowest BCUT2D eigenvalue weighted by Crippen LogP contribution is -2.52. The van der Waals surface area contributed by atoms with Gasteiger partial charge in [-0.25, -0.2) is 0 Å². The van der Waals surface area contributed by atoms with Gasteiger partial charge in [-0.3, -0.25) is 4.90 Å². The summed E-state index contributed by atoms with van der Waals surface area (Å²) < 4.78 is 0. The van der Waals surface area contributed by atoms with E-state index in [1.807, 2.05) is 4.90 Å². The topological polar surface area (TPSA) is 100 Å². The van der Waals surface area contributed by atoms with Crippen molar-refractivity contribution in [3.8, 4) is 0 Å². The summed E-state index contributed by atoms with van der Waals surface area (Å²) in [5, 5.41) is 38.2. The van der Waals surface area contributed by atoms with E-state index >= 15 is 0 Å². The lowest BCUT2D eigenvalue weighted by Gasteiger charge is -2.33. The first-order valence-corrected chi connectivity index (χ1v) is 7.05. The normalized spacial score (nSPS) is 22.9. The Morgan fingerprint density at radius 2 is 1.25 bits per heavy atom. The fraction of sp³-hybridized carbons (Fsp3) is 1.00. The van der Waals surface area contributed by atoms with Gasteiger partial charge in [0, 0.05) is 52.4 Å². The van der Waals surface area contributed by atoms with Gasteiger partial charge >= 0.3 is 0 Å². The number of nitrogens with one attached hydrogen (secondary N) is 3. The van der Waals surface area contributed by atoms with Crippen molar-refractivity contribution in [1.29, 1.82) is 0 Å². The zero-order chi connectivity index (χ0) is 13.9. The van der Waals surface area contributed by atoms with Crippen LogP contribution in [0.15, 0.2) is 0 Å². The minimum atomic E-state index is -0.903. The lowest BCUT2D eigenvalue weighted by molar-refractivity contribution is -0.0124. The maximum absolute atomic E-state index is 9.76. The van der Waals surface area contributed by atoms with E-state index in [-0.39, 0.29) is 25.6 Å². The Morgan fingerprint density at radius 3 is 1.65 bits per heavy atom. The van der Waals surface area contributed by atoms with Crippen molar-refractivity contribution >= 4 is 12.4 Å². The van der Waals surface area contributed by atoms with E-state index in [1.54, 1.807) is 0 Å². The van der Waals surface area contributed by atoms with Crippen LogP contribution < -0.4 is 16.0 Å². The third-order valence-electron chi connectivity index (χ3n) is 3.40. The monoisotopic (exact) mass is 312 g/mol. The van der Waals surface area contributed by atoms with Gasteiger partial charge in [0.2, 0.25) is 0 Å². The molecule has 0 aromatic carbocycles. The average molecular weight is 313 g/mol. The number of hydrogen-bond donors (Lipinski definition) is 6. The predicted molar refractivity (Wildman–Crippen MR) is 81.4 cm³/mol. The smallest absolute Gasteiger partial charge is 0.0947 e. The molecule has 0 amide bonds. The molecule has 0 saturated carbocycles. The molecule has 1 aliphatic heterocycles. The molecule has 2 unspecified atom stereocenters. The molecule has 6 N–H and O–H groups in total. The number of aliphatic hydroxyl groups is 3. The van der Waals surface area contributed by atoms with Gasteiger partial charge in [-0.1, -0.05) is 0 Å². The standard InChI is InChI=1S/C12H28N4O3.ClH/c17-9-11(12(19)10-18)16-7-5-14-3-1-13-2-4-15-6-8-16;/h11-15,17-19H,1-10H2;1H. The van der Waals surface area contributed by atoms with Crippen LogP contribution in [0.4, 0.5) is 0 Å². The summed E-state index contributed by atoms with van der Waals surface area (Å²) in [4.78, 5) is 2.02. The van der Waals surface area contributed by atoms with Crippen LogP contribution in [0, 0.1) is 0 Å². The molecule has 8 heteroatoms. The highest BCUT2D eigenvalue weighted by Crippen LogP contribution is 2.04. The molecule has 2 atom stereocenters. The van der Waals surface area contributed by atoms with Crippen molar-refractivity contribution in [2.45, 2.75) is 12.1 Å². The van der Waals surface area contributed by atoms with Gasteiger partial charge in [0.1, 0.15) is 0 Å². The molecule has 1 saturated heterocycles. The number of rotatable bonds is 4. The maximum Gasteiger partial charge on any atom is 0.0947 e. The summed E-state index contributed by atoms with van der Waals surface area (Å²) >= 11 is 0. The van der Waals surface area contributed by atoms with E-state index in [4.69, 9.17) is 5.11 Å². The molecule has 1 heterocycles. The summed E-state index contributed by atoms with van der Waals surface area (Å²) in [6.45, 7) is 6.28. The molecule has 0 bridgehead atoms. The van der Waals surface area contributed by atoms with Gasteiger partial charge in [0.15, 0.2) is 0 Å². The number of halogens is 1. The van der Waals surface area contributed by atoms with Gasteiger partial charge in [0.05, 0.1) is 25.4 Å². The van der Waals surface area contributed by atoms with Crippen molar-refractivity contribution in [3.63, 3.8) is 0 Å². The second-order valence-corrected chi connectivity index (χ2v) is 4.79. The highest BCUT2D eigenvalue weighted by atomic mass is 35.5. The lowest BCUT2D eigenvalue weighted by atomic mass is 10.1. The van der Waals surface area contributed by atoms with Crippen LogP contribution >= 0.6 is 12.4 Å². The predicted octanol–water partition coefficient (Wildman–Crippen LogP) is -2.79. The van der Waals surface area contributed by atoms with Crippen molar-refractivity contribution in [2.24, 2.45) is 0 Å². The first kappa shape index (κ1) is 20.0. The van der Waals surface area contributed by atoms with E-state index in [1.165, 1.54) is 0 Å². The Morgan fingerprint density at radius 1 is 0.800 bits per heavy atom. The molecule has 1 aliphatic rings. The van der Waals surface area contributed by atoms with Crippen LogP contribution in [0.5, 0.6) is 0 Å². The number of nitrogens with zero attached hydrogens (tertiary/aromatic N) is 1. The van der Waals surface area contributed by atoms with Crippen molar-refractivity contribution in [3.05, 3.63) is 0 Å². The highest BCUT2D eigenvalue weighted by Gasteiger charge is 2.24. The third-order valence-corrected chi connectivity index (χ3v) is 3.40. The third kappa shape index (κ3) is 7.70. The molecular formula is C12H29ClN4O3. The molecule has 0 aliphatic carbocycles. The first-order valence-electron chi connectivity index (χ1n) is 7.05. The highest BCUT2D eigenvalue weighted by molar-refractivity contribution is 5.85. The summed E-state index contributed by atoms with van der Waals surface area (Å²) in [7, 11) is 0. The molecule has 0 spiro atoms. The second-order valence-electron chi connectivity index (χ2n) is 4.79. The largest absolute Gasteiger partial charge is 0.395 e. The molecule has 122 valence electrons. The van der Waals surface area contributed by atoms with E-state index in [2.05, 4.69) is 16.0 Å². The van der Waals surface area contributed by atoms with Crippen LogP contribution in [0.3, 0.4) is 0 Å². The zero-order valence-electron chi connectivity index (χ0n) is 11.9. The molecule has 0 aromatic rings. The molecule has 0 aromatic heterocycles. The molecule has 1 rings (SSSR count). The number of aliphatic hydroxyl groups excluding tert-OH is 3. The summed E-state index contributed by atoms with van der Waals surface area (Å²) in [5.74, 6) is 0. The van der Waals surface area contributed by atoms with Crippen LogP contribution in [0.25, 0.3) is 0 Å². The second kappa shape index (κ2) is 12.7. The SMILES string of the molecule is Cl.OCC(O)C(CO)N1CCNCCNCCNCC1. The van der Waals surface area contributed by atoms with Gasteiger partial charge < -0.3 is 31.3 Å². The van der Waals surface area contributed by atoms with Gasteiger partial charge in [-0.15, -0.1) is 12.4 Å². The Hall–Kier alpha value is 0.01000. The Balaban J connectivity index is 0.00000361. The summed E-state index contributed by atoms with van der Waals surface area (Å²) in [5.41, 5.74) is 0. The Labute approximate surface area is 127 Å². The minimum Gasteiger partial charge on any atom is -0.395 e. The van der Waals surface area contributed by atoms with E-state index in [9.17, 15) is 10.2 Å². The van der Waals surface area contributed by atoms with Gasteiger partial charge in [-0.2, -0.15) is 0 Å². The molecule has 20 heavy (non-hydrogen) atoms. The average Bonchev–Trinajstić information content (AvgIpc) is 2.41. The Kier molecular flexibility index (Phi) is 12.7. The molecule has 0 radical (unpaired) electrons. The first-order chi connectivity index (χ1) is 9.29. The fourth-order valence-electron chi connectivity index (χ4n) is 2.22. The zero-order valence-corrected chi connectivity index (χ0v) is 12.7. The van der Waals surface area contributed by atoms with E-state index < -0.39 is 12.1 Å². The Bertz CT molecular complexity index is 215.